The summed E-state index contributed by atoms with van der Waals surface area (Å²) in [4.78, 5) is 11.6. The van der Waals surface area contributed by atoms with Crippen LogP contribution in [-0.4, -0.2) is 48.4 Å². The van der Waals surface area contributed by atoms with Crippen LogP contribution in [0.4, 0.5) is 0 Å². The number of aliphatic hydroxyl groups excluding tert-OH is 1. The van der Waals surface area contributed by atoms with E-state index in [-0.39, 0.29) is 18.6 Å². The first kappa shape index (κ1) is 14.8. The molecule has 4 nitrogen and oxygen atoms in total. The van der Waals surface area contributed by atoms with Gasteiger partial charge in [-0.3, -0.25) is 4.79 Å². The van der Waals surface area contributed by atoms with Gasteiger partial charge >= 0.3 is 0 Å². The number of rotatable bonds is 8. The van der Waals surface area contributed by atoms with Crippen LogP contribution in [0.3, 0.4) is 0 Å². The molecule has 1 atom stereocenters. The van der Waals surface area contributed by atoms with Gasteiger partial charge < -0.3 is 15.2 Å². The van der Waals surface area contributed by atoms with Crippen molar-refractivity contribution in [2.24, 2.45) is 0 Å². The Morgan fingerprint density at radius 1 is 1.41 bits per heavy atom. The van der Waals surface area contributed by atoms with E-state index in [1.54, 1.807) is 11.8 Å². The monoisotopic (exact) mass is 261 g/mol. The Bertz CT molecular complexity index is 208. The summed E-state index contributed by atoms with van der Waals surface area (Å²) in [5, 5.41) is 11.5. The minimum Gasteiger partial charge on any atom is -0.396 e. The second-order valence-corrected chi connectivity index (χ2v) is 5.46. The highest BCUT2D eigenvalue weighted by molar-refractivity contribution is 7.99. The van der Waals surface area contributed by atoms with Gasteiger partial charge in [0.1, 0.15) is 0 Å². The molecule has 0 spiro atoms. The van der Waals surface area contributed by atoms with Crippen molar-refractivity contribution in [2.75, 3.05) is 31.3 Å². The molecule has 0 saturated carbocycles. The van der Waals surface area contributed by atoms with Gasteiger partial charge in [-0.2, -0.15) is 11.8 Å². The molecule has 0 bridgehead atoms. The number of carbonyl (C=O) groups is 1. The van der Waals surface area contributed by atoms with Gasteiger partial charge in [-0.25, -0.2) is 0 Å². The molecule has 5 heteroatoms. The Morgan fingerprint density at radius 2 is 2.29 bits per heavy atom. The molecule has 17 heavy (non-hydrogen) atoms. The Balaban J connectivity index is 1.93. The summed E-state index contributed by atoms with van der Waals surface area (Å²) >= 11 is 1.76. The van der Waals surface area contributed by atoms with Gasteiger partial charge in [0.25, 0.3) is 0 Å². The van der Waals surface area contributed by atoms with E-state index >= 15 is 0 Å². The Morgan fingerprint density at radius 3 is 3.00 bits per heavy atom. The maximum Gasteiger partial charge on any atom is 0.222 e. The lowest BCUT2D eigenvalue weighted by Crippen LogP contribution is -2.31. The third-order valence-electron chi connectivity index (χ3n) is 2.70. The van der Waals surface area contributed by atoms with E-state index in [9.17, 15) is 4.79 Å². The molecule has 0 aromatic carbocycles. The second-order valence-electron chi connectivity index (χ2n) is 4.23. The molecule has 0 aromatic rings. The number of hydrogen-bond acceptors (Lipinski definition) is 4. The normalized spacial score (nSPS) is 20.2. The van der Waals surface area contributed by atoms with E-state index in [2.05, 4.69) is 5.32 Å². The van der Waals surface area contributed by atoms with Crippen molar-refractivity contribution in [1.82, 2.24) is 5.32 Å². The van der Waals surface area contributed by atoms with Crippen LogP contribution in [0.1, 0.15) is 32.1 Å². The summed E-state index contributed by atoms with van der Waals surface area (Å²) < 4.78 is 5.51. The van der Waals surface area contributed by atoms with E-state index in [1.165, 1.54) is 6.42 Å². The lowest BCUT2D eigenvalue weighted by molar-refractivity contribution is -0.124. The largest absolute Gasteiger partial charge is 0.396 e. The Labute approximate surface area is 107 Å². The lowest BCUT2D eigenvalue weighted by atomic mass is 10.1. The molecule has 1 aliphatic rings. The highest BCUT2D eigenvalue weighted by Crippen LogP contribution is 2.15. The Hall–Kier alpha value is -0.260. The molecule has 0 radical (unpaired) electrons. The van der Waals surface area contributed by atoms with Crippen LogP contribution in [-0.2, 0) is 9.53 Å². The number of amides is 1. The molecule has 1 heterocycles. The van der Waals surface area contributed by atoms with Gasteiger partial charge in [-0.15, -0.1) is 0 Å². The lowest BCUT2D eigenvalue weighted by Gasteiger charge is -2.21. The van der Waals surface area contributed by atoms with Crippen LogP contribution in [0.2, 0.25) is 0 Å². The van der Waals surface area contributed by atoms with Crippen molar-refractivity contribution in [3.63, 3.8) is 0 Å². The maximum absolute atomic E-state index is 11.6. The number of nitrogens with one attached hydrogen (secondary N) is 1. The van der Waals surface area contributed by atoms with Crippen LogP contribution in [0.15, 0.2) is 0 Å². The quantitative estimate of drug-likeness (QED) is 0.644. The van der Waals surface area contributed by atoms with Gasteiger partial charge in [-0.1, -0.05) is 0 Å². The molecule has 1 unspecified atom stereocenters. The second kappa shape index (κ2) is 9.74. The van der Waals surface area contributed by atoms with Crippen LogP contribution in [0.25, 0.3) is 0 Å². The van der Waals surface area contributed by atoms with Gasteiger partial charge in [0.15, 0.2) is 0 Å². The Kier molecular flexibility index (Phi) is 8.48. The van der Waals surface area contributed by atoms with E-state index in [1.807, 2.05) is 0 Å². The zero-order chi connectivity index (χ0) is 12.3. The number of thioether (sulfide) groups is 1. The first-order valence-corrected chi connectivity index (χ1v) is 7.55. The summed E-state index contributed by atoms with van der Waals surface area (Å²) in [5.74, 6) is 1.97. The SMILES string of the molecule is O=C(CC1CCCCO1)NCCSCCCO. The van der Waals surface area contributed by atoms with Gasteiger partial charge in [0.2, 0.25) is 5.91 Å². The molecule has 0 aliphatic carbocycles. The fraction of sp³-hybridized carbons (Fsp3) is 0.917. The van der Waals surface area contributed by atoms with Crippen LogP contribution in [0.5, 0.6) is 0 Å². The minimum absolute atomic E-state index is 0.0969. The van der Waals surface area contributed by atoms with Crippen LogP contribution < -0.4 is 5.32 Å². The summed E-state index contributed by atoms with van der Waals surface area (Å²) in [7, 11) is 0. The molecule has 1 saturated heterocycles. The highest BCUT2D eigenvalue weighted by atomic mass is 32.2. The number of aliphatic hydroxyl groups is 1. The molecule has 1 aliphatic heterocycles. The van der Waals surface area contributed by atoms with Crippen LogP contribution >= 0.6 is 11.8 Å². The fourth-order valence-corrected chi connectivity index (χ4v) is 2.56. The molecule has 100 valence electrons. The molecular formula is C12H23NO3S. The van der Waals surface area contributed by atoms with Crippen LogP contribution in [0, 0.1) is 0 Å². The van der Waals surface area contributed by atoms with Crippen molar-refractivity contribution in [2.45, 2.75) is 38.2 Å². The topological polar surface area (TPSA) is 58.6 Å². The molecule has 1 fully saturated rings. The van der Waals surface area contributed by atoms with E-state index in [0.717, 1.165) is 37.4 Å². The predicted molar refractivity (Wildman–Crippen MR) is 70.2 cm³/mol. The third-order valence-corrected chi connectivity index (χ3v) is 3.77. The third kappa shape index (κ3) is 7.63. The summed E-state index contributed by atoms with van der Waals surface area (Å²) in [6.45, 7) is 1.76. The van der Waals surface area contributed by atoms with E-state index in [4.69, 9.17) is 9.84 Å². The summed E-state index contributed by atoms with van der Waals surface area (Å²) in [5.41, 5.74) is 0. The summed E-state index contributed by atoms with van der Waals surface area (Å²) in [6, 6.07) is 0. The molecule has 2 N–H and O–H groups in total. The smallest absolute Gasteiger partial charge is 0.222 e. The molecule has 0 aromatic heterocycles. The van der Waals surface area contributed by atoms with E-state index < -0.39 is 0 Å². The first-order chi connectivity index (χ1) is 8.33. The van der Waals surface area contributed by atoms with Gasteiger partial charge in [-0.05, 0) is 31.4 Å². The molecular weight excluding hydrogens is 238 g/mol. The van der Waals surface area contributed by atoms with Crippen molar-refractivity contribution in [3.8, 4) is 0 Å². The van der Waals surface area contributed by atoms with Gasteiger partial charge in [0, 0.05) is 25.5 Å². The van der Waals surface area contributed by atoms with Crippen molar-refractivity contribution in [3.05, 3.63) is 0 Å². The fourth-order valence-electron chi connectivity index (χ4n) is 1.78. The average Bonchev–Trinajstić information content (AvgIpc) is 2.35. The summed E-state index contributed by atoms with van der Waals surface area (Å²) in [6.07, 6.45) is 4.77. The zero-order valence-electron chi connectivity index (χ0n) is 10.3. The minimum atomic E-state index is 0.0969. The van der Waals surface area contributed by atoms with Gasteiger partial charge in [0.05, 0.1) is 12.5 Å². The average molecular weight is 261 g/mol. The predicted octanol–water partition coefficient (Wildman–Crippen LogP) is 1.18. The maximum atomic E-state index is 11.6. The number of hydrogen-bond donors (Lipinski definition) is 2. The van der Waals surface area contributed by atoms with E-state index in [0.29, 0.717) is 13.0 Å². The zero-order valence-corrected chi connectivity index (χ0v) is 11.1. The number of ether oxygens (including phenoxy) is 1. The van der Waals surface area contributed by atoms with Crippen molar-refractivity contribution < 1.29 is 14.6 Å². The van der Waals surface area contributed by atoms with Crippen molar-refractivity contribution in [1.29, 1.82) is 0 Å². The first-order valence-electron chi connectivity index (χ1n) is 6.40. The highest BCUT2D eigenvalue weighted by Gasteiger charge is 2.16. The van der Waals surface area contributed by atoms with Crippen molar-refractivity contribution >= 4 is 17.7 Å². The molecule has 1 amide bonds. The number of carbonyl (C=O) groups excluding carboxylic acids is 1. The standard InChI is InChI=1S/C12H23NO3S/c14-6-3-8-17-9-5-13-12(15)10-11-4-1-2-7-16-11/h11,14H,1-10H2,(H,13,15). The molecule has 1 rings (SSSR count).